The van der Waals surface area contributed by atoms with Gasteiger partial charge in [0.2, 0.25) is 0 Å². The summed E-state index contributed by atoms with van der Waals surface area (Å²) in [5.74, 6) is -0.350. The second-order valence-corrected chi connectivity index (χ2v) is 10.5. The fraction of sp³-hybridized carbons (Fsp3) is 0.333. The summed E-state index contributed by atoms with van der Waals surface area (Å²) < 4.78 is 0. The summed E-state index contributed by atoms with van der Waals surface area (Å²) in [6.07, 6.45) is 5.12. The van der Waals surface area contributed by atoms with Gasteiger partial charge in [0, 0.05) is 29.9 Å². The first kappa shape index (κ1) is 24.7. The molecule has 4 rings (SSSR count). The number of allylic oxidation sites excluding steroid dienone is 1. The van der Waals surface area contributed by atoms with Gasteiger partial charge in [0.15, 0.2) is 0 Å². The number of hydrogen-bond acceptors (Lipinski definition) is 6. The zero-order valence-electron chi connectivity index (χ0n) is 20.6. The molecule has 1 saturated heterocycles. The van der Waals surface area contributed by atoms with Crippen LogP contribution in [0.1, 0.15) is 56.4 Å². The third kappa shape index (κ3) is 4.75. The zero-order chi connectivity index (χ0) is 25.5. The minimum absolute atomic E-state index is 0.0316. The van der Waals surface area contributed by atoms with E-state index in [1.54, 1.807) is 18.2 Å². The quantitative estimate of drug-likeness (QED) is 0.259. The number of aryl methyl sites for hydroxylation is 1. The van der Waals surface area contributed by atoms with E-state index in [4.69, 9.17) is 0 Å². The molecule has 2 aliphatic rings. The summed E-state index contributed by atoms with van der Waals surface area (Å²) in [5, 5.41) is 10.5. The van der Waals surface area contributed by atoms with E-state index >= 15 is 0 Å². The molecule has 0 atom stereocenters. The van der Waals surface area contributed by atoms with Crippen molar-refractivity contribution in [3.05, 3.63) is 79.7 Å². The summed E-state index contributed by atoms with van der Waals surface area (Å²) >= 11 is 0.925. The standard InChI is InChI=1S/C27H29N3O4S/c1-6-11-29-23-12-17(2)20(13-22(23)18(3)15-27(29,4)5)14-24-25(31)28(26(32)35-24)16-19-7-9-21(10-8-19)30(33)34/h7-10,12-15H,6,11,16H2,1-5H3/b24-14+. The lowest BCUT2D eigenvalue weighted by molar-refractivity contribution is -0.384. The van der Waals surface area contributed by atoms with E-state index in [-0.39, 0.29) is 28.9 Å². The number of nitro benzene ring substituents is 1. The summed E-state index contributed by atoms with van der Waals surface area (Å²) in [6.45, 7) is 11.8. The van der Waals surface area contributed by atoms with Crippen molar-refractivity contribution in [3.8, 4) is 0 Å². The molecule has 2 aromatic rings. The molecule has 8 heteroatoms. The Kier molecular flexibility index (Phi) is 6.60. The van der Waals surface area contributed by atoms with Crippen molar-refractivity contribution in [1.29, 1.82) is 0 Å². The zero-order valence-corrected chi connectivity index (χ0v) is 21.4. The number of nitrogens with zero attached hydrogens (tertiary/aromatic N) is 3. The van der Waals surface area contributed by atoms with Crippen molar-refractivity contribution < 1.29 is 14.5 Å². The van der Waals surface area contributed by atoms with Crippen molar-refractivity contribution in [1.82, 2.24) is 4.90 Å². The van der Waals surface area contributed by atoms with Crippen LogP contribution in [0.3, 0.4) is 0 Å². The van der Waals surface area contributed by atoms with Crippen LogP contribution in [0.15, 0.2) is 47.4 Å². The number of non-ortho nitro benzene ring substituents is 1. The average molecular weight is 492 g/mol. The van der Waals surface area contributed by atoms with E-state index in [0.717, 1.165) is 41.4 Å². The monoisotopic (exact) mass is 491 g/mol. The van der Waals surface area contributed by atoms with Gasteiger partial charge in [-0.3, -0.25) is 24.6 Å². The minimum atomic E-state index is -0.479. The highest BCUT2D eigenvalue weighted by Crippen LogP contribution is 2.41. The van der Waals surface area contributed by atoms with Gasteiger partial charge in [-0.05, 0) is 86.3 Å². The normalized spacial score (nSPS) is 18.2. The van der Waals surface area contributed by atoms with Crippen LogP contribution in [-0.4, -0.2) is 33.1 Å². The van der Waals surface area contributed by atoms with Gasteiger partial charge in [-0.1, -0.05) is 25.1 Å². The van der Waals surface area contributed by atoms with Gasteiger partial charge in [-0.25, -0.2) is 0 Å². The number of carbonyl (C=O) groups excluding carboxylic acids is 2. The Morgan fingerprint density at radius 1 is 1.11 bits per heavy atom. The van der Waals surface area contributed by atoms with Gasteiger partial charge in [-0.15, -0.1) is 0 Å². The number of fused-ring (bicyclic) bond motifs is 1. The van der Waals surface area contributed by atoms with Crippen molar-refractivity contribution in [3.63, 3.8) is 0 Å². The Labute approximate surface area is 209 Å². The van der Waals surface area contributed by atoms with E-state index in [0.29, 0.717) is 10.5 Å². The molecule has 2 aromatic carbocycles. The second kappa shape index (κ2) is 9.34. The van der Waals surface area contributed by atoms with Crippen LogP contribution in [0, 0.1) is 17.0 Å². The van der Waals surface area contributed by atoms with E-state index < -0.39 is 4.92 Å². The molecule has 2 amide bonds. The van der Waals surface area contributed by atoms with Crippen LogP contribution in [-0.2, 0) is 11.3 Å². The SMILES string of the molecule is CCCN1c2cc(C)c(/C=C3/SC(=O)N(Cc4ccc([N+](=O)[O-])cc4)C3=O)cc2C(C)=CC1(C)C. The summed E-state index contributed by atoms with van der Waals surface area (Å²) in [4.78, 5) is 40.1. The maximum Gasteiger partial charge on any atom is 0.293 e. The maximum absolute atomic E-state index is 13.1. The molecular weight excluding hydrogens is 462 g/mol. The van der Waals surface area contributed by atoms with Gasteiger partial charge < -0.3 is 4.90 Å². The molecule has 0 bridgehead atoms. The molecule has 0 aromatic heterocycles. The Bertz CT molecular complexity index is 1280. The third-order valence-electron chi connectivity index (χ3n) is 6.46. The number of benzene rings is 2. The number of imide groups is 1. The van der Waals surface area contributed by atoms with Crippen LogP contribution < -0.4 is 4.90 Å². The van der Waals surface area contributed by atoms with E-state index in [9.17, 15) is 19.7 Å². The van der Waals surface area contributed by atoms with E-state index in [2.05, 4.69) is 50.8 Å². The van der Waals surface area contributed by atoms with Crippen LogP contribution in [0.25, 0.3) is 11.6 Å². The van der Waals surface area contributed by atoms with Crippen LogP contribution in [0.2, 0.25) is 0 Å². The topological polar surface area (TPSA) is 83.8 Å². The Balaban J connectivity index is 1.63. The first-order valence-corrected chi connectivity index (χ1v) is 12.4. The molecule has 2 aliphatic heterocycles. The fourth-order valence-corrected chi connectivity index (χ4v) is 5.54. The van der Waals surface area contributed by atoms with Gasteiger partial charge in [0.1, 0.15) is 0 Å². The molecular formula is C27H29N3O4S. The molecule has 0 spiro atoms. The Morgan fingerprint density at radius 3 is 2.43 bits per heavy atom. The highest BCUT2D eigenvalue weighted by Gasteiger charge is 2.36. The van der Waals surface area contributed by atoms with Crippen molar-refractivity contribution in [2.75, 3.05) is 11.4 Å². The number of amides is 2. The predicted octanol–water partition coefficient (Wildman–Crippen LogP) is 6.55. The molecule has 0 unspecified atom stereocenters. The summed E-state index contributed by atoms with van der Waals surface area (Å²) in [5.41, 5.74) is 6.02. The lowest BCUT2D eigenvalue weighted by atomic mass is 9.86. The van der Waals surface area contributed by atoms with Crippen molar-refractivity contribution >= 4 is 45.9 Å². The molecule has 0 aliphatic carbocycles. The third-order valence-corrected chi connectivity index (χ3v) is 7.37. The Morgan fingerprint density at radius 2 is 1.80 bits per heavy atom. The van der Waals surface area contributed by atoms with Crippen LogP contribution in [0.4, 0.5) is 16.2 Å². The summed E-state index contributed by atoms with van der Waals surface area (Å²) in [7, 11) is 0. The second-order valence-electron chi connectivity index (χ2n) is 9.55. The van der Waals surface area contributed by atoms with Crippen LogP contribution >= 0.6 is 11.8 Å². The van der Waals surface area contributed by atoms with Gasteiger partial charge in [0.05, 0.1) is 21.9 Å². The van der Waals surface area contributed by atoms with E-state index in [1.165, 1.54) is 28.3 Å². The molecule has 182 valence electrons. The average Bonchev–Trinajstić information content (AvgIpc) is 3.05. The lowest BCUT2D eigenvalue weighted by Gasteiger charge is -2.43. The number of hydrogen-bond donors (Lipinski definition) is 0. The highest BCUT2D eigenvalue weighted by molar-refractivity contribution is 8.18. The molecule has 7 nitrogen and oxygen atoms in total. The smallest absolute Gasteiger partial charge is 0.293 e. The highest BCUT2D eigenvalue weighted by atomic mass is 32.2. The number of rotatable bonds is 6. The molecule has 0 saturated carbocycles. The number of anilines is 1. The number of thioether (sulfide) groups is 1. The van der Waals surface area contributed by atoms with Gasteiger partial charge in [-0.2, -0.15) is 0 Å². The van der Waals surface area contributed by atoms with Gasteiger partial charge >= 0.3 is 0 Å². The van der Waals surface area contributed by atoms with Crippen molar-refractivity contribution in [2.45, 2.75) is 53.1 Å². The van der Waals surface area contributed by atoms with Crippen molar-refractivity contribution in [2.24, 2.45) is 0 Å². The largest absolute Gasteiger partial charge is 0.362 e. The summed E-state index contributed by atoms with van der Waals surface area (Å²) in [6, 6.07) is 10.2. The molecule has 0 radical (unpaired) electrons. The maximum atomic E-state index is 13.1. The lowest BCUT2D eigenvalue weighted by Crippen LogP contribution is -2.45. The minimum Gasteiger partial charge on any atom is -0.362 e. The molecule has 2 heterocycles. The first-order valence-electron chi connectivity index (χ1n) is 11.6. The number of carbonyl (C=O) groups is 2. The van der Waals surface area contributed by atoms with E-state index in [1.807, 2.05) is 6.92 Å². The predicted molar refractivity (Wildman–Crippen MR) is 141 cm³/mol. The van der Waals surface area contributed by atoms with Gasteiger partial charge in [0.25, 0.3) is 16.8 Å². The fourth-order valence-electron chi connectivity index (χ4n) is 4.72. The number of nitro groups is 1. The Hall–Kier alpha value is -3.39. The molecule has 35 heavy (non-hydrogen) atoms. The van der Waals surface area contributed by atoms with Crippen LogP contribution in [0.5, 0.6) is 0 Å². The first-order chi connectivity index (χ1) is 16.5. The molecule has 0 N–H and O–H groups in total. The molecule has 1 fully saturated rings.